The Bertz CT molecular complexity index is 763. The van der Waals surface area contributed by atoms with Crippen molar-refractivity contribution in [1.82, 2.24) is 9.88 Å². The predicted molar refractivity (Wildman–Crippen MR) is 96.3 cm³/mol. The van der Waals surface area contributed by atoms with Crippen molar-refractivity contribution in [3.63, 3.8) is 0 Å². The molecule has 1 aromatic carbocycles. The van der Waals surface area contributed by atoms with E-state index in [9.17, 15) is 9.59 Å². The summed E-state index contributed by atoms with van der Waals surface area (Å²) in [5.74, 6) is 0.565. The number of aliphatic carboxylic acids is 1. The summed E-state index contributed by atoms with van der Waals surface area (Å²) in [5.41, 5.74) is 0.345. The molecule has 6 heteroatoms. The van der Waals surface area contributed by atoms with Gasteiger partial charge >= 0.3 is 5.97 Å². The van der Waals surface area contributed by atoms with Gasteiger partial charge in [0, 0.05) is 31.8 Å². The molecule has 1 fully saturated rings. The summed E-state index contributed by atoms with van der Waals surface area (Å²) in [4.78, 5) is 29.5. The third-order valence-electron chi connectivity index (χ3n) is 4.50. The van der Waals surface area contributed by atoms with Gasteiger partial charge in [0.2, 0.25) is 0 Å². The quantitative estimate of drug-likeness (QED) is 0.857. The lowest BCUT2D eigenvalue weighted by molar-refractivity contribution is -0.137. The molecule has 0 radical (unpaired) electrons. The lowest BCUT2D eigenvalue weighted by Gasteiger charge is -2.32. The number of carboxylic acids is 1. The maximum Gasteiger partial charge on any atom is 0.303 e. The van der Waals surface area contributed by atoms with Crippen LogP contribution in [0.25, 0.3) is 0 Å². The van der Waals surface area contributed by atoms with Gasteiger partial charge in [0.25, 0.3) is 5.91 Å². The van der Waals surface area contributed by atoms with Crippen LogP contribution in [0.3, 0.4) is 0 Å². The van der Waals surface area contributed by atoms with Crippen LogP contribution in [0.15, 0.2) is 48.7 Å². The molecule has 2 heterocycles. The largest absolute Gasteiger partial charge is 0.481 e. The Morgan fingerprint density at radius 3 is 2.77 bits per heavy atom. The topological polar surface area (TPSA) is 79.7 Å². The average molecular weight is 354 g/mol. The summed E-state index contributed by atoms with van der Waals surface area (Å²) in [6.45, 7) is 1.26. The fourth-order valence-electron chi connectivity index (χ4n) is 3.19. The fraction of sp³-hybridized carbons (Fsp3) is 0.350. The number of likely N-dealkylation sites (tertiary alicyclic amines) is 1. The van der Waals surface area contributed by atoms with Gasteiger partial charge in [-0.2, -0.15) is 0 Å². The van der Waals surface area contributed by atoms with Crippen molar-refractivity contribution in [2.24, 2.45) is 5.92 Å². The van der Waals surface area contributed by atoms with Crippen LogP contribution in [0, 0.1) is 5.92 Å². The highest BCUT2D eigenvalue weighted by Gasteiger charge is 2.25. The van der Waals surface area contributed by atoms with E-state index in [1.165, 1.54) is 0 Å². The highest BCUT2D eigenvalue weighted by molar-refractivity contribution is 5.92. The number of rotatable bonds is 6. The molecule has 1 aliphatic rings. The van der Waals surface area contributed by atoms with Crippen molar-refractivity contribution >= 4 is 11.9 Å². The first kappa shape index (κ1) is 17.9. The molecule has 26 heavy (non-hydrogen) atoms. The van der Waals surface area contributed by atoms with Crippen molar-refractivity contribution < 1.29 is 19.4 Å². The number of aromatic nitrogens is 1. The van der Waals surface area contributed by atoms with Gasteiger partial charge in [-0.05, 0) is 43.4 Å². The van der Waals surface area contributed by atoms with Crippen molar-refractivity contribution in [1.29, 1.82) is 0 Å². The van der Waals surface area contributed by atoms with Crippen LogP contribution in [0.5, 0.6) is 11.5 Å². The minimum atomic E-state index is -0.791. The first-order chi connectivity index (χ1) is 12.6. The number of piperidine rings is 1. The van der Waals surface area contributed by atoms with E-state index < -0.39 is 5.97 Å². The number of pyridine rings is 1. The molecule has 1 amide bonds. The summed E-state index contributed by atoms with van der Waals surface area (Å²) in [5, 5.41) is 8.84. The summed E-state index contributed by atoms with van der Waals surface area (Å²) >= 11 is 0. The van der Waals surface area contributed by atoms with Crippen molar-refractivity contribution in [3.8, 4) is 11.5 Å². The molecule has 6 nitrogen and oxygen atoms in total. The van der Waals surface area contributed by atoms with Gasteiger partial charge in [0.05, 0.1) is 0 Å². The molecule has 1 unspecified atom stereocenters. The molecular formula is C20H22N2O4. The molecule has 136 valence electrons. The molecule has 0 saturated carbocycles. The zero-order chi connectivity index (χ0) is 18.4. The molecule has 1 saturated heterocycles. The fourth-order valence-corrected chi connectivity index (χ4v) is 3.19. The van der Waals surface area contributed by atoms with Crippen LogP contribution in [-0.4, -0.2) is 40.0 Å². The van der Waals surface area contributed by atoms with Crippen molar-refractivity contribution in [2.75, 3.05) is 13.1 Å². The monoisotopic (exact) mass is 354 g/mol. The number of para-hydroxylation sites is 1. The van der Waals surface area contributed by atoms with Gasteiger partial charge < -0.3 is 14.7 Å². The Morgan fingerprint density at radius 1 is 1.19 bits per heavy atom. The van der Waals surface area contributed by atoms with E-state index in [-0.39, 0.29) is 18.2 Å². The van der Waals surface area contributed by atoms with Gasteiger partial charge in [0.15, 0.2) is 0 Å². The maximum atomic E-state index is 12.8. The Balaban J connectivity index is 1.65. The number of benzene rings is 1. The standard InChI is InChI=1S/C20H22N2O4/c23-19(24)9-8-15-5-4-12-22(14-15)20(25)18-13-17(10-11-21-18)26-16-6-2-1-3-7-16/h1-3,6-7,10-11,13,15H,4-5,8-9,12,14H2,(H,23,24). The van der Waals surface area contributed by atoms with Crippen LogP contribution in [0.2, 0.25) is 0 Å². The van der Waals surface area contributed by atoms with Gasteiger partial charge in [-0.1, -0.05) is 18.2 Å². The molecule has 0 aliphatic carbocycles. The molecule has 1 atom stereocenters. The molecule has 1 N–H and O–H groups in total. The first-order valence-corrected chi connectivity index (χ1v) is 8.82. The van der Waals surface area contributed by atoms with E-state index in [0.717, 1.165) is 12.8 Å². The number of hydrogen-bond donors (Lipinski definition) is 1. The van der Waals surface area contributed by atoms with Crippen LogP contribution in [-0.2, 0) is 4.79 Å². The Labute approximate surface area is 152 Å². The minimum absolute atomic E-state index is 0.136. The van der Waals surface area contributed by atoms with E-state index in [1.807, 2.05) is 30.3 Å². The molecule has 2 aromatic rings. The van der Waals surface area contributed by atoms with Crippen molar-refractivity contribution in [3.05, 3.63) is 54.4 Å². The molecule has 1 aliphatic heterocycles. The molecular weight excluding hydrogens is 332 g/mol. The van der Waals surface area contributed by atoms with E-state index >= 15 is 0 Å². The molecule has 1 aromatic heterocycles. The number of carboxylic acid groups (broad SMARTS) is 1. The second-order valence-corrected chi connectivity index (χ2v) is 6.48. The summed E-state index contributed by atoms with van der Waals surface area (Å²) in [7, 11) is 0. The Kier molecular flexibility index (Phi) is 5.84. The number of nitrogens with zero attached hydrogens (tertiary/aromatic N) is 2. The average Bonchev–Trinajstić information content (AvgIpc) is 2.67. The summed E-state index contributed by atoms with van der Waals surface area (Å²) < 4.78 is 5.77. The third-order valence-corrected chi connectivity index (χ3v) is 4.50. The maximum absolute atomic E-state index is 12.8. The van der Waals surface area contributed by atoms with E-state index in [2.05, 4.69) is 4.98 Å². The van der Waals surface area contributed by atoms with Gasteiger partial charge in [-0.15, -0.1) is 0 Å². The number of carbonyl (C=O) groups is 2. The Morgan fingerprint density at radius 2 is 2.00 bits per heavy atom. The van der Waals surface area contributed by atoms with Crippen LogP contribution in [0.1, 0.15) is 36.2 Å². The smallest absolute Gasteiger partial charge is 0.303 e. The van der Waals surface area contributed by atoms with E-state index in [0.29, 0.717) is 36.7 Å². The molecule has 0 bridgehead atoms. The van der Waals surface area contributed by atoms with Gasteiger partial charge in [-0.25, -0.2) is 0 Å². The van der Waals surface area contributed by atoms with E-state index in [4.69, 9.17) is 9.84 Å². The van der Waals surface area contributed by atoms with Gasteiger partial charge in [0.1, 0.15) is 17.2 Å². The number of amides is 1. The number of ether oxygens (including phenoxy) is 1. The second-order valence-electron chi connectivity index (χ2n) is 6.48. The number of hydrogen-bond acceptors (Lipinski definition) is 4. The van der Waals surface area contributed by atoms with Crippen LogP contribution < -0.4 is 4.74 Å². The minimum Gasteiger partial charge on any atom is -0.481 e. The SMILES string of the molecule is O=C(O)CCC1CCCN(C(=O)c2cc(Oc3ccccc3)ccn2)C1. The van der Waals surface area contributed by atoms with Crippen LogP contribution in [0.4, 0.5) is 0 Å². The van der Waals surface area contributed by atoms with E-state index in [1.54, 1.807) is 23.2 Å². The lowest BCUT2D eigenvalue weighted by Crippen LogP contribution is -2.40. The van der Waals surface area contributed by atoms with Crippen LogP contribution >= 0.6 is 0 Å². The number of carbonyl (C=O) groups excluding carboxylic acids is 1. The zero-order valence-corrected chi connectivity index (χ0v) is 14.5. The zero-order valence-electron chi connectivity index (χ0n) is 14.5. The molecule has 0 spiro atoms. The second kappa shape index (κ2) is 8.47. The lowest BCUT2D eigenvalue weighted by atomic mass is 9.93. The Hall–Kier alpha value is -2.89. The van der Waals surface area contributed by atoms with Crippen molar-refractivity contribution in [2.45, 2.75) is 25.7 Å². The van der Waals surface area contributed by atoms with Gasteiger partial charge in [-0.3, -0.25) is 14.6 Å². The first-order valence-electron chi connectivity index (χ1n) is 8.82. The highest BCUT2D eigenvalue weighted by atomic mass is 16.5. The highest BCUT2D eigenvalue weighted by Crippen LogP contribution is 2.24. The molecule has 3 rings (SSSR count). The summed E-state index contributed by atoms with van der Waals surface area (Å²) in [6, 6.07) is 12.7. The summed E-state index contributed by atoms with van der Waals surface area (Å²) in [6.07, 6.45) is 4.16. The predicted octanol–water partition coefficient (Wildman–Crippen LogP) is 3.59. The normalized spacial score (nSPS) is 16.9. The third kappa shape index (κ3) is 4.81.